The Labute approximate surface area is 210 Å². The van der Waals surface area contributed by atoms with Gasteiger partial charge in [0.2, 0.25) is 10.0 Å². The molecule has 5 nitrogen and oxygen atoms in total. The average molecular weight is 552 g/mol. The molecule has 0 aromatic rings. The standard InChI is InChI=1S/C18H27F3O2.C6H12F3NO2S/c1-4-16(3,18(19,20)21)15(22)23-17(5-2)13-7-11-6-12(9-13)10-14(17)8-11;1-3-5(2)13(11,12)10-4-6(7,8)9/h11-14H,4-10H2,1-3H3;5,10H,3-4H2,1-2H3. The monoisotopic (exact) mass is 551 g/mol. The van der Waals surface area contributed by atoms with Gasteiger partial charge in [-0.05, 0) is 88.9 Å². The first-order valence-electron chi connectivity index (χ1n) is 12.7. The van der Waals surface area contributed by atoms with Crippen LogP contribution in [0.5, 0.6) is 0 Å². The van der Waals surface area contributed by atoms with Crippen LogP contribution in [-0.4, -0.2) is 44.1 Å². The summed E-state index contributed by atoms with van der Waals surface area (Å²) in [4.78, 5) is 12.6. The summed E-state index contributed by atoms with van der Waals surface area (Å²) < 4.78 is 104. The summed E-state index contributed by atoms with van der Waals surface area (Å²) in [6.07, 6.45) is -3.11. The van der Waals surface area contributed by atoms with Gasteiger partial charge in [0.25, 0.3) is 0 Å². The van der Waals surface area contributed by atoms with Gasteiger partial charge in [-0.2, -0.15) is 26.3 Å². The molecule has 0 spiro atoms. The second-order valence-corrected chi connectivity index (χ2v) is 13.1. The van der Waals surface area contributed by atoms with Crippen LogP contribution in [0, 0.1) is 29.1 Å². The van der Waals surface area contributed by atoms with Crippen molar-refractivity contribution in [3.05, 3.63) is 0 Å². The summed E-state index contributed by atoms with van der Waals surface area (Å²) in [7, 11) is -3.81. The van der Waals surface area contributed by atoms with E-state index < -0.39 is 51.2 Å². The fraction of sp³-hybridized carbons (Fsp3) is 0.958. The molecule has 4 saturated carbocycles. The molecule has 4 fully saturated rings. The molecule has 0 radical (unpaired) electrons. The summed E-state index contributed by atoms with van der Waals surface area (Å²) >= 11 is 0. The summed E-state index contributed by atoms with van der Waals surface area (Å²) in [5.41, 5.74) is -3.06. The van der Waals surface area contributed by atoms with E-state index in [2.05, 4.69) is 0 Å². The Morgan fingerprint density at radius 1 is 0.972 bits per heavy atom. The first-order valence-corrected chi connectivity index (χ1v) is 14.2. The van der Waals surface area contributed by atoms with Crippen molar-refractivity contribution in [3.63, 3.8) is 0 Å². The lowest BCUT2D eigenvalue weighted by atomic mass is 9.49. The molecule has 36 heavy (non-hydrogen) atoms. The zero-order valence-corrected chi connectivity index (χ0v) is 22.4. The van der Waals surface area contributed by atoms with Crippen molar-refractivity contribution in [2.45, 2.75) is 109 Å². The third-order valence-electron chi connectivity index (χ3n) is 8.72. The Morgan fingerprint density at radius 2 is 1.44 bits per heavy atom. The van der Waals surface area contributed by atoms with Gasteiger partial charge in [-0.25, -0.2) is 13.1 Å². The van der Waals surface area contributed by atoms with E-state index in [9.17, 15) is 39.6 Å². The minimum atomic E-state index is -4.57. The largest absolute Gasteiger partial charge is 0.458 e. The highest BCUT2D eigenvalue weighted by Gasteiger charge is 2.62. The van der Waals surface area contributed by atoms with E-state index in [4.69, 9.17) is 4.74 Å². The minimum absolute atomic E-state index is 0.252. The van der Waals surface area contributed by atoms with E-state index in [1.165, 1.54) is 25.0 Å². The van der Waals surface area contributed by atoms with Crippen LogP contribution in [0.1, 0.15) is 86.0 Å². The van der Waals surface area contributed by atoms with Crippen LogP contribution in [-0.2, 0) is 19.6 Å². The van der Waals surface area contributed by atoms with Crippen LogP contribution in [0.15, 0.2) is 0 Å². The van der Waals surface area contributed by atoms with E-state index >= 15 is 0 Å². The SMILES string of the molecule is CCC(C)S(=O)(=O)NCC(F)(F)F.CCC1(OC(=O)C(C)(CC)C(F)(F)F)C2CC3CC(C2)CC1C3. The summed E-state index contributed by atoms with van der Waals surface area (Å²) in [6, 6.07) is 0. The molecule has 12 heteroatoms. The van der Waals surface area contributed by atoms with E-state index in [1.807, 2.05) is 6.92 Å². The molecule has 0 amide bonds. The summed E-state index contributed by atoms with van der Waals surface area (Å²) in [6.45, 7) is 5.81. The number of sulfonamides is 1. The highest BCUT2D eigenvalue weighted by Crippen LogP contribution is 2.61. The lowest BCUT2D eigenvalue weighted by molar-refractivity contribution is -0.256. The molecule has 4 aliphatic carbocycles. The smallest absolute Gasteiger partial charge is 0.404 e. The zero-order valence-electron chi connectivity index (χ0n) is 21.6. The summed E-state index contributed by atoms with van der Waals surface area (Å²) in [5.74, 6) is 0.818. The van der Waals surface area contributed by atoms with Gasteiger partial charge in [0.05, 0.1) is 5.25 Å². The number of carbonyl (C=O) groups excluding carboxylic acids is 1. The van der Waals surface area contributed by atoms with Crippen molar-refractivity contribution in [3.8, 4) is 0 Å². The van der Waals surface area contributed by atoms with Gasteiger partial charge in [0, 0.05) is 0 Å². The molecule has 2 atom stereocenters. The van der Waals surface area contributed by atoms with Gasteiger partial charge in [-0.15, -0.1) is 0 Å². The van der Waals surface area contributed by atoms with Crippen molar-refractivity contribution in [1.29, 1.82) is 0 Å². The fourth-order valence-corrected chi connectivity index (χ4v) is 7.18. The minimum Gasteiger partial charge on any atom is -0.458 e. The van der Waals surface area contributed by atoms with Crippen molar-refractivity contribution in [1.82, 2.24) is 4.72 Å². The number of nitrogens with one attached hydrogen (secondary N) is 1. The van der Waals surface area contributed by atoms with Crippen LogP contribution in [0.3, 0.4) is 0 Å². The molecule has 0 aromatic heterocycles. The normalized spacial score (nSPS) is 32.3. The highest BCUT2D eigenvalue weighted by molar-refractivity contribution is 7.90. The van der Waals surface area contributed by atoms with Crippen LogP contribution >= 0.6 is 0 Å². The predicted molar refractivity (Wildman–Crippen MR) is 123 cm³/mol. The fourth-order valence-electron chi connectivity index (χ4n) is 6.09. The van der Waals surface area contributed by atoms with Gasteiger partial charge >= 0.3 is 18.3 Å². The Hall–Kier alpha value is -1.04. The van der Waals surface area contributed by atoms with Crippen LogP contribution in [0.2, 0.25) is 0 Å². The van der Waals surface area contributed by atoms with Crippen LogP contribution in [0.4, 0.5) is 26.3 Å². The molecule has 4 rings (SSSR count). The lowest BCUT2D eigenvalue weighted by Gasteiger charge is -2.60. The zero-order chi connectivity index (χ0) is 27.7. The number of rotatable bonds is 8. The number of halogens is 6. The Balaban J connectivity index is 0.000000302. The van der Waals surface area contributed by atoms with Gasteiger partial charge in [0.15, 0.2) is 5.41 Å². The molecule has 2 unspecified atom stereocenters. The molecule has 0 aliphatic heterocycles. The maximum absolute atomic E-state index is 13.4. The van der Waals surface area contributed by atoms with Gasteiger partial charge in [0.1, 0.15) is 12.1 Å². The molecule has 212 valence electrons. The quantitative estimate of drug-likeness (QED) is 0.281. The third-order valence-corrected chi connectivity index (χ3v) is 10.7. The maximum atomic E-state index is 13.4. The first-order chi connectivity index (χ1) is 16.3. The lowest BCUT2D eigenvalue weighted by Crippen LogP contribution is -2.61. The maximum Gasteiger partial charge on any atom is 0.404 e. The molecular formula is C24H39F6NO4S. The van der Waals surface area contributed by atoms with E-state index in [0.29, 0.717) is 18.3 Å². The predicted octanol–water partition coefficient (Wildman–Crippen LogP) is 6.38. The van der Waals surface area contributed by atoms with Gasteiger partial charge < -0.3 is 4.74 Å². The summed E-state index contributed by atoms with van der Waals surface area (Å²) in [5, 5.41) is -0.796. The molecule has 1 N–H and O–H groups in total. The van der Waals surface area contributed by atoms with Crippen LogP contribution < -0.4 is 4.72 Å². The number of alkyl halides is 6. The Kier molecular flexibility index (Phi) is 9.51. The molecule has 0 heterocycles. The van der Waals surface area contributed by atoms with Crippen molar-refractivity contribution in [2.75, 3.05) is 6.54 Å². The topological polar surface area (TPSA) is 72.5 Å². The molecule has 0 aromatic carbocycles. The van der Waals surface area contributed by atoms with Crippen molar-refractivity contribution in [2.24, 2.45) is 29.1 Å². The third kappa shape index (κ3) is 6.50. The Bertz CT molecular complexity index is 845. The number of ether oxygens (including phenoxy) is 1. The molecule has 4 bridgehead atoms. The molecule has 0 saturated heterocycles. The van der Waals surface area contributed by atoms with E-state index in [1.54, 1.807) is 6.92 Å². The van der Waals surface area contributed by atoms with E-state index in [0.717, 1.165) is 32.6 Å². The number of esters is 1. The first kappa shape index (κ1) is 31.2. The van der Waals surface area contributed by atoms with Gasteiger partial charge in [-0.1, -0.05) is 20.8 Å². The van der Waals surface area contributed by atoms with E-state index in [-0.39, 0.29) is 24.7 Å². The van der Waals surface area contributed by atoms with Crippen molar-refractivity contribution >= 4 is 16.0 Å². The Morgan fingerprint density at radius 3 is 1.78 bits per heavy atom. The number of hydrogen-bond acceptors (Lipinski definition) is 4. The molecular weight excluding hydrogens is 512 g/mol. The number of carbonyl (C=O) groups is 1. The van der Waals surface area contributed by atoms with Crippen LogP contribution in [0.25, 0.3) is 0 Å². The number of hydrogen-bond donors (Lipinski definition) is 1. The van der Waals surface area contributed by atoms with Gasteiger partial charge in [-0.3, -0.25) is 4.79 Å². The average Bonchev–Trinajstić information content (AvgIpc) is 2.77. The molecule has 4 aliphatic rings. The highest BCUT2D eigenvalue weighted by atomic mass is 32.2. The van der Waals surface area contributed by atoms with Crippen molar-refractivity contribution < 1.29 is 44.3 Å². The second kappa shape index (κ2) is 11.0. The second-order valence-electron chi connectivity index (χ2n) is 10.9.